The van der Waals surface area contributed by atoms with Crippen molar-refractivity contribution >= 4 is 11.3 Å². The molecule has 1 atom stereocenters. The van der Waals surface area contributed by atoms with Gasteiger partial charge in [0.05, 0.1) is 10.7 Å². The molecule has 0 saturated heterocycles. The number of nitrogens with two attached hydrogens (primary N) is 1. The molecule has 1 aromatic rings. The zero-order valence-electron chi connectivity index (χ0n) is 10.3. The number of hydrogen-bond donors (Lipinski definition) is 2. The lowest BCUT2D eigenvalue weighted by molar-refractivity contribution is 0.471. The molecule has 0 bridgehead atoms. The summed E-state index contributed by atoms with van der Waals surface area (Å²) in [7, 11) is 0. The molecular formula is C12H23N3S. The fourth-order valence-electron chi connectivity index (χ4n) is 1.66. The van der Waals surface area contributed by atoms with Crippen molar-refractivity contribution in [3.05, 3.63) is 16.1 Å². The predicted molar refractivity (Wildman–Crippen MR) is 70.9 cm³/mol. The van der Waals surface area contributed by atoms with Crippen LogP contribution in [0.25, 0.3) is 0 Å². The van der Waals surface area contributed by atoms with Crippen LogP contribution in [-0.4, -0.2) is 24.6 Å². The lowest BCUT2D eigenvalue weighted by Crippen LogP contribution is -2.24. The SMILES string of the molecule is Cc1nc(CCNCC(C)CCCN)cs1. The zero-order valence-corrected chi connectivity index (χ0v) is 11.1. The third-order valence-electron chi connectivity index (χ3n) is 2.62. The topological polar surface area (TPSA) is 50.9 Å². The Morgan fingerprint density at radius 1 is 1.56 bits per heavy atom. The van der Waals surface area contributed by atoms with Crippen LogP contribution >= 0.6 is 11.3 Å². The molecule has 16 heavy (non-hydrogen) atoms. The van der Waals surface area contributed by atoms with Crippen molar-refractivity contribution in [2.24, 2.45) is 11.7 Å². The molecule has 0 fully saturated rings. The second kappa shape index (κ2) is 7.76. The summed E-state index contributed by atoms with van der Waals surface area (Å²) in [5, 5.41) is 6.78. The Bertz CT molecular complexity index is 286. The lowest BCUT2D eigenvalue weighted by atomic mass is 10.1. The number of nitrogens with one attached hydrogen (secondary N) is 1. The summed E-state index contributed by atoms with van der Waals surface area (Å²) < 4.78 is 0. The predicted octanol–water partition coefficient (Wildman–Crippen LogP) is 1.96. The molecule has 0 aliphatic rings. The summed E-state index contributed by atoms with van der Waals surface area (Å²) in [5.74, 6) is 0.723. The first kappa shape index (κ1) is 13.6. The van der Waals surface area contributed by atoms with Crippen LogP contribution in [0.15, 0.2) is 5.38 Å². The molecule has 1 aromatic heterocycles. The highest BCUT2D eigenvalue weighted by Gasteiger charge is 2.01. The highest BCUT2D eigenvalue weighted by molar-refractivity contribution is 7.09. The normalized spacial score (nSPS) is 12.9. The summed E-state index contributed by atoms with van der Waals surface area (Å²) in [5.41, 5.74) is 6.70. The number of rotatable bonds is 8. The van der Waals surface area contributed by atoms with Gasteiger partial charge < -0.3 is 11.1 Å². The summed E-state index contributed by atoms with van der Waals surface area (Å²) in [6, 6.07) is 0. The number of hydrogen-bond acceptors (Lipinski definition) is 4. The van der Waals surface area contributed by atoms with Gasteiger partial charge in [0.1, 0.15) is 0 Å². The Labute approximate surface area is 102 Å². The van der Waals surface area contributed by atoms with E-state index in [0.717, 1.165) is 43.4 Å². The maximum atomic E-state index is 5.48. The fraction of sp³-hybridized carbons (Fsp3) is 0.750. The first-order valence-electron chi connectivity index (χ1n) is 6.04. The highest BCUT2D eigenvalue weighted by Crippen LogP contribution is 2.08. The molecular weight excluding hydrogens is 218 g/mol. The van der Waals surface area contributed by atoms with Gasteiger partial charge in [0.25, 0.3) is 0 Å². The maximum Gasteiger partial charge on any atom is 0.0897 e. The van der Waals surface area contributed by atoms with E-state index in [4.69, 9.17) is 5.73 Å². The minimum absolute atomic E-state index is 0.723. The van der Waals surface area contributed by atoms with Crippen LogP contribution < -0.4 is 11.1 Å². The Kier molecular flexibility index (Phi) is 6.61. The van der Waals surface area contributed by atoms with Crippen LogP contribution in [0, 0.1) is 12.8 Å². The summed E-state index contributed by atoms with van der Waals surface area (Å²) in [6.07, 6.45) is 3.39. The van der Waals surface area contributed by atoms with E-state index in [0.29, 0.717) is 0 Å². The van der Waals surface area contributed by atoms with Gasteiger partial charge >= 0.3 is 0 Å². The molecule has 4 heteroatoms. The molecule has 1 heterocycles. The standard InChI is InChI=1S/C12H23N3S/c1-10(4-3-6-13)8-14-7-5-12-9-16-11(2)15-12/h9-10,14H,3-8,13H2,1-2H3. The van der Waals surface area contributed by atoms with Gasteiger partial charge in [-0.05, 0) is 38.8 Å². The smallest absolute Gasteiger partial charge is 0.0897 e. The Balaban J connectivity index is 2.03. The van der Waals surface area contributed by atoms with Gasteiger partial charge in [0, 0.05) is 18.3 Å². The molecule has 1 unspecified atom stereocenters. The molecule has 0 saturated carbocycles. The average Bonchev–Trinajstić information content (AvgIpc) is 2.67. The average molecular weight is 241 g/mol. The Morgan fingerprint density at radius 3 is 3.00 bits per heavy atom. The molecule has 3 N–H and O–H groups in total. The van der Waals surface area contributed by atoms with E-state index in [1.54, 1.807) is 11.3 Å². The highest BCUT2D eigenvalue weighted by atomic mass is 32.1. The largest absolute Gasteiger partial charge is 0.330 e. The molecule has 0 spiro atoms. The van der Waals surface area contributed by atoms with Crippen LogP contribution in [0.2, 0.25) is 0 Å². The van der Waals surface area contributed by atoms with Crippen molar-refractivity contribution < 1.29 is 0 Å². The molecule has 0 radical (unpaired) electrons. The van der Waals surface area contributed by atoms with E-state index in [2.05, 4.69) is 29.5 Å². The van der Waals surface area contributed by atoms with Gasteiger partial charge in [-0.2, -0.15) is 0 Å². The van der Waals surface area contributed by atoms with Crippen LogP contribution in [0.4, 0.5) is 0 Å². The number of nitrogens with zero attached hydrogens (tertiary/aromatic N) is 1. The first-order valence-corrected chi connectivity index (χ1v) is 6.92. The fourth-order valence-corrected chi connectivity index (χ4v) is 2.30. The van der Waals surface area contributed by atoms with E-state index < -0.39 is 0 Å². The maximum absolute atomic E-state index is 5.48. The first-order chi connectivity index (χ1) is 7.72. The third kappa shape index (κ3) is 5.58. The number of aryl methyl sites for hydroxylation is 1. The molecule has 0 amide bonds. The summed E-state index contributed by atoms with van der Waals surface area (Å²) in [4.78, 5) is 4.44. The van der Waals surface area contributed by atoms with Gasteiger partial charge in [-0.15, -0.1) is 11.3 Å². The van der Waals surface area contributed by atoms with Crippen molar-refractivity contribution in [3.8, 4) is 0 Å². The second-order valence-electron chi connectivity index (χ2n) is 4.35. The van der Waals surface area contributed by atoms with Gasteiger partial charge in [-0.3, -0.25) is 0 Å². The van der Waals surface area contributed by atoms with Gasteiger partial charge in [0.15, 0.2) is 0 Å². The summed E-state index contributed by atoms with van der Waals surface area (Å²) in [6.45, 7) is 7.24. The van der Waals surface area contributed by atoms with Crippen LogP contribution in [0.1, 0.15) is 30.5 Å². The van der Waals surface area contributed by atoms with Crippen LogP contribution in [0.3, 0.4) is 0 Å². The number of thiazole rings is 1. The van der Waals surface area contributed by atoms with Crippen molar-refractivity contribution in [2.75, 3.05) is 19.6 Å². The monoisotopic (exact) mass is 241 g/mol. The Morgan fingerprint density at radius 2 is 2.38 bits per heavy atom. The molecule has 0 aliphatic carbocycles. The molecule has 0 aliphatic heterocycles. The molecule has 0 aromatic carbocycles. The quantitative estimate of drug-likeness (QED) is 0.684. The van der Waals surface area contributed by atoms with Gasteiger partial charge in [-0.25, -0.2) is 4.98 Å². The van der Waals surface area contributed by atoms with E-state index in [-0.39, 0.29) is 0 Å². The van der Waals surface area contributed by atoms with Crippen LogP contribution in [-0.2, 0) is 6.42 Å². The lowest BCUT2D eigenvalue weighted by Gasteiger charge is -2.11. The second-order valence-corrected chi connectivity index (χ2v) is 5.41. The van der Waals surface area contributed by atoms with Gasteiger partial charge in [-0.1, -0.05) is 6.92 Å². The molecule has 1 rings (SSSR count). The van der Waals surface area contributed by atoms with E-state index >= 15 is 0 Å². The van der Waals surface area contributed by atoms with Crippen LogP contribution in [0.5, 0.6) is 0 Å². The van der Waals surface area contributed by atoms with E-state index in [1.807, 2.05) is 0 Å². The van der Waals surface area contributed by atoms with Crippen molar-refractivity contribution in [3.63, 3.8) is 0 Å². The van der Waals surface area contributed by atoms with Gasteiger partial charge in [0.2, 0.25) is 0 Å². The van der Waals surface area contributed by atoms with E-state index in [1.165, 1.54) is 12.1 Å². The minimum Gasteiger partial charge on any atom is -0.330 e. The minimum atomic E-state index is 0.723. The zero-order chi connectivity index (χ0) is 11.8. The molecule has 92 valence electrons. The molecule has 3 nitrogen and oxygen atoms in total. The number of aromatic nitrogens is 1. The van der Waals surface area contributed by atoms with Crippen molar-refractivity contribution in [1.82, 2.24) is 10.3 Å². The summed E-state index contributed by atoms with van der Waals surface area (Å²) >= 11 is 1.73. The Hall–Kier alpha value is -0.450. The van der Waals surface area contributed by atoms with Crippen molar-refractivity contribution in [1.29, 1.82) is 0 Å². The van der Waals surface area contributed by atoms with E-state index in [9.17, 15) is 0 Å². The third-order valence-corrected chi connectivity index (χ3v) is 3.44. The van der Waals surface area contributed by atoms with Crippen molar-refractivity contribution in [2.45, 2.75) is 33.1 Å².